The first kappa shape index (κ1) is 14.7. The van der Waals surface area contributed by atoms with Crippen molar-refractivity contribution in [2.24, 2.45) is 10.8 Å². The van der Waals surface area contributed by atoms with Gasteiger partial charge in [0.15, 0.2) is 0 Å². The Bertz CT molecular complexity index is 414. The molecule has 1 aromatic rings. The molecule has 0 aliphatic heterocycles. The molecule has 0 amide bonds. The first-order valence-corrected chi connectivity index (χ1v) is 6.32. The Balaban J connectivity index is 2.79. The number of carboxylic acids is 1. The fraction of sp³-hybridized carbons (Fsp3) is 0.714. The van der Waals surface area contributed by atoms with E-state index in [2.05, 4.69) is 25.9 Å². The minimum absolute atomic E-state index is 0.155. The predicted octanol–water partition coefficient (Wildman–Crippen LogP) is 2.97. The second kappa shape index (κ2) is 5.12. The molecule has 0 spiro atoms. The van der Waals surface area contributed by atoms with Gasteiger partial charge < -0.3 is 5.11 Å². The molecule has 102 valence electrons. The van der Waals surface area contributed by atoms with Gasteiger partial charge in [-0.3, -0.25) is 9.48 Å². The van der Waals surface area contributed by atoms with Gasteiger partial charge in [-0.05, 0) is 23.3 Å². The van der Waals surface area contributed by atoms with Crippen LogP contribution in [0.5, 0.6) is 0 Å². The summed E-state index contributed by atoms with van der Waals surface area (Å²) in [6.07, 6.45) is 2.88. The highest BCUT2D eigenvalue weighted by molar-refractivity contribution is 5.67. The molecule has 0 saturated carbocycles. The maximum atomic E-state index is 10.8. The Morgan fingerprint density at radius 1 is 1.33 bits per heavy atom. The third-order valence-electron chi connectivity index (χ3n) is 2.72. The molecule has 18 heavy (non-hydrogen) atoms. The molecule has 0 unspecified atom stereocenters. The van der Waals surface area contributed by atoms with Crippen molar-refractivity contribution in [3.63, 3.8) is 0 Å². The van der Waals surface area contributed by atoms with E-state index < -0.39 is 5.97 Å². The standard InChI is InChI=1S/C14H24N2O2/c1-13(2,3)8-11-6-7-15-16(11)10-14(4,5)9-12(17)18/h6-7H,8-10H2,1-5H3,(H,17,18). The summed E-state index contributed by atoms with van der Waals surface area (Å²) in [6.45, 7) is 11.1. The Hall–Kier alpha value is -1.32. The van der Waals surface area contributed by atoms with Gasteiger partial charge in [-0.15, -0.1) is 0 Å². The molecule has 1 heterocycles. The van der Waals surface area contributed by atoms with Crippen LogP contribution in [0.4, 0.5) is 0 Å². The molecule has 0 saturated heterocycles. The van der Waals surface area contributed by atoms with Crippen LogP contribution in [-0.2, 0) is 17.8 Å². The number of carbonyl (C=O) groups is 1. The summed E-state index contributed by atoms with van der Waals surface area (Å²) in [7, 11) is 0. The number of hydrogen-bond donors (Lipinski definition) is 1. The Morgan fingerprint density at radius 3 is 2.44 bits per heavy atom. The molecule has 0 aliphatic rings. The van der Waals surface area contributed by atoms with Gasteiger partial charge >= 0.3 is 5.97 Å². The van der Waals surface area contributed by atoms with E-state index in [1.807, 2.05) is 24.6 Å². The zero-order valence-corrected chi connectivity index (χ0v) is 12.0. The SMILES string of the molecule is CC(C)(C)Cc1ccnn1CC(C)(C)CC(=O)O. The van der Waals surface area contributed by atoms with Crippen LogP contribution in [0.2, 0.25) is 0 Å². The average molecular weight is 252 g/mol. The summed E-state index contributed by atoms with van der Waals surface area (Å²) >= 11 is 0. The van der Waals surface area contributed by atoms with Crippen LogP contribution in [-0.4, -0.2) is 20.9 Å². The van der Waals surface area contributed by atoms with Crippen molar-refractivity contribution in [3.8, 4) is 0 Å². The van der Waals surface area contributed by atoms with Gasteiger partial charge in [0.05, 0.1) is 6.42 Å². The number of aromatic nitrogens is 2. The van der Waals surface area contributed by atoms with E-state index in [4.69, 9.17) is 5.11 Å². The normalized spacial score (nSPS) is 12.7. The maximum absolute atomic E-state index is 10.8. The molecular formula is C14H24N2O2. The Labute approximate surface area is 109 Å². The van der Waals surface area contributed by atoms with E-state index in [1.165, 1.54) is 5.69 Å². The minimum atomic E-state index is -0.760. The molecule has 0 fully saturated rings. The zero-order chi connectivity index (χ0) is 14.0. The highest BCUT2D eigenvalue weighted by Gasteiger charge is 2.24. The molecule has 1 N–H and O–H groups in total. The zero-order valence-electron chi connectivity index (χ0n) is 12.0. The van der Waals surface area contributed by atoms with Gasteiger partial charge in [0, 0.05) is 18.4 Å². The van der Waals surface area contributed by atoms with Crippen LogP contribution < -0.4 is 0 Å². The Kier molecular flexibility index (Phi) is 4.20. The lowest BCUT2D eigenvalue weighted by atomic mass is 9.88. The van der Waals surface area contributed by atoms with Crippen molar-refractivity contribution in [1.29, 1.82) is 0 Å². The van der Waals surface area contributed by atoms with Crippen molar-refractivity contribution in [1.82, 2.24) is 9.78 Å². The maximum Gasteiger partial charge on any atom is 0.303 e. The highest BCUT2D eigenvalue weighted by Crippen LogP contribution is 2.25. The van der Waals surface area contributed by atoms with E-state index in [-0.39, 0.29) is 17.3 Å². The van der Waals surface area contributed by atoms with Crippen molar-refractivity contribution in [2.75, 3.05) is 0 Å². The van der Waals surface area contributed by atoms with Crippen LogP contribution >= 0.6 is 0 Å². The summed E-state index contributed by atoms with van der Waals surface area (Å²) in [6, 6.07) is 2.02. The average Bonchev–Trinajstić information content (AvgIpc) is 2.45. The molecule has 1 rings (SSSR count). The van der Waals surface area contributed by atoms with Crippen molar-refractivity contribution in [3.05, 3.63) is 18.0 Å². The predicted molar refractivity (Wildman–Crippen MR) is 71.4 cm³/mol. The van der Waals surface area contributed by atoms with Gasteiger partial charge in [0.25, 0.3) is 0 Å². The molecule has 0 bridgehead atoms. The lowest BCUT2D eigenvalue weighted by Crippen LogP contribution is -2.26. The molecule has 4 heteroatoms. The second-order valence-corrected chi connectivity index (χ2v) is 6.95. The number of carboxylic acid groups (broad SMARTS) is 1. The van der Waals surface area contributed by atoms with Gasteiger partial charge in [-0.1, -0.05) is 34.6 Å². The Morgan fingerprint density at radius 2 is 1.94 bits per heavy atom. The molecule has 0 radical (unpaired) electrons. The van der Waals surface area contributed by atoms with Crippen LogP contribution in [0.3, 0.4) is 0 Å². The molecule has 4 nitrogen and oxygen atoms in total. The third-order valence-corrected chi connectivity index (χ3v) is 2.72. The third kappa shape index (κ3) is 4.90. The van der Waals surface area contributed by atoms with Crippen molar-refractivity contribution >= 4 is 5.97 Å². The van der Waals surface area contributed by atoms with E-state index in [9.17, 15) is 4.79 Å². The topological polar surface area (TPSA) is 55.1 Å². The fourth-order valence-corrected chi connectivity index (χ4v) is 2.07. The van der Waals surface area contributed by atoms with Gasteiger partial charge in [0.2, 0.25) is 0 Å². The molecular weight excluding hydrogens is 228 g/mol. The first-order chi connectivity index (χ1) is 8.09. The monoisotopic (exact) mass is 252 g/mol. The van der Waals surface area contributed by atoms with Crippen molar-refractivity contribution in [2.45, 2.75) is 54.0 Å². The number of hydrogen-bond acceptors (Lipinski definition) is 2. The summed E-state index contributed by atoms with van der Waals surface area (Å²) in [5, 5.41) is 13.2. The summed E-state index contributed by atoms with van der Waals surface area (Å²) in [5.74, 6) is -0.760. The van der Waals surface area contributed by atoms with Crippen LogP contribution in [0.25, 0.3) is 0 Å². The second-order valence-electron chi connectivity index (χ2n) is 6.95. The van der Waals surface area contributed by atoms with Crippen LogP contribution in [0.15, 0.2) is 12.3 Å². The molecule has 0 aliphatic carbocycles. The first-order valence-electron chi connectivity index (χ1n) is 6.32. The van der Waals surface area contributed by atoms with Gasteiger partial charge in [-0.25, -0.2) is 0 Å². The quantitative estimate of drug-likeness (QED) is 0.876. The van der Waals surface area contributed by atoms with E-state index >= 15 is 0 Å². The van der Waals surface area contributed by atoms with Crippen LogP contribution in [0.1, 0.15) is 46.7 Å². The molecule has 0 atom stereocenters. The highest BCUT2D eigenvalue weighted by atomic mass is 16.4. The molecule has 0 aromatic carbocycles. The summed E-state index contributed by atoms with van der Waals surface area (Å²) in [5.41, 5.74) is 1.08. The lowest BCUT2D eigenvalue weighted by molar-refractivity contribution is -0.139. The van der Waals surface area contributed by atoms with Gasteiger partial charge in [0.1, 0.15) is 0 Å². The largest absolute Gasteiger partial charge is 0.481 e. The van der Waals surface area contributed by atoms with Gasteiger partial charge in [-0.2, -0.15) is 5.10 Å². The van der Waals surface area contributed by atoms with E-state index in [0.717, 1.165) is 6.42 Å². The van der Waals surface area contributed by atoms with Crippen molar-refractivity contribution < 1.29 is 9.90 Å². The number of nitrogens with zero attached hydrogens (tertiary/aromatic N) is 2. The smallest absolute Gasteiger partial charge is 0.303 e. The minimum Gasteiger partial charge on any atom is -0.481 e. The van der Waals surface area contributed by atoms with E-state index in [0.29, 0.717) is 6.54 Å². The van der Waals surface area contributed by atoms with E-state index in [1.54, 1.807) is 6.20 Å². The molecule has 1 aromatic heterocycles. The lowest BCUT2D eigenvalue weighted by Gasteiger charge is -2.25. The number of aliphatic carboxylic acids is 1. The number of rotatable bonds is 5. The fourth-order valence-electron chi connectivity index (χ4n) is 2.07. The summed E-state index contributed by atoms with van der Waals surface area (Å²) < 4.78 is 1.94. The summed E-state index contributed by atoms with van der Waals surface area (Å²) in [4.78, 5) is 10.8. The van der Waals surface area contributed by atoms with Crippen LogP contribution in [0, 0.1) is 10.8 Å².